The summed E-state index contributed by atoms with van der Waals surface area (Å²) >= 11 is 0. The molecule has 0 radical (unpaired) electrons. The predicted molar refractivity (Wildman–Crippen MR) is 75.9 cm³/mol. The number of rotatable bonds is 2. The van der Waals surface area contributed by atoms with Crippen LogP contribution in [0.15, 0.2) is 0 Å². The molecular weight excluding hydrogens is 224 g/mol. The molecular formula is C15H30N2O. The lowest BCUT2D eigenvalue weighted by Crippen LogP contribution is -2.65. The van der Waals surface area contributed by atoms with Crippen LogP contribution in [0.1, 0.15) is 53.9 Å². The first-order chi connectivity index (χ1) is 8.33. The normalized spacial score (nSPS) is 36.5. The molecule has 2 unspecified atom stereocenters. The van der Waals surface area contributed by atoms with Gasteiger partial charge >= 0.3 is 0 Å². The van der Waals surface area contributed by atoms with Gasteiger partial charge in [-0.1, -0.05) is 6.92 Å². The molecule has 0 aromatic heterocycles. The van der Waals surface area contributed by atoms with Crippen LogP contribution in [-0.2, 0) is 4.74 Å². The minimum atomic E-state index is 0.0518. The molecule has 0 saturated carbocycles. The molecule has 3 heteroatoms. The van der Waals surface area contributed by atoms with Crippen molar-refractivity contribution in [1.29, 1.82) is 0 Å². The Hall–Kier alpha value is -0.120. The van der Waals surface area contributed by atoms with Gasteiger partial charge < -0.3 is 10.1 Å². The van der Waals surface area contributed by atoms with Crippen molar-refractivity contribution in [1.82, 2.24) is 10.2 Å². The van der Waals surface area contributed by atoms with E-state index in [0.717, 1.165) is 19.7 Å². The van der Waals surface area contributed by atoms with Gasteiger partial charge in [0.1, 0.15) is 0 Å². The first-order valence-corrected chi connectivity index (χ1v) is 7.48. The molecule has 0 amide bonds. The molecule has 0 aromatic carbocycles. The maximum absolute atomic E-state index is 5.86. The summed E-state index contributed by atoms with van der Waals surface area (Å²) in [4.78, 5) is 2.75. The molecule has 2 saturated heterocycles. The van der Waals surface area contributed by atoms with E-state index in [4.69, 9.17) is 4.74 Å². The molecule has 18 heavy (non-hydrogen) atoms. The average molecular weight is 254 g/mol. The summed E-state index contributed by atoms with van der Waals surface area (Å²) in [6.07, 6.45) is 3.59. The minimum absolute atomic E-state index is 0.0518. The molecule has 2 fully saturated rings. The van der Waals surface area contributed by atoms with E-state index in [-0.39, 0.29) is 11.1 Å². The highest BCUT2D eigenvalue weighted by atomic mass is 16.5. The topological polar surface area (TPSA) is 24.5 Å². The predicted octanol–water partition coefficient (Wildman–Crippen LogP) is 2.41. The van der Waals surface area contributed by atoms with Crippen LogP contribution < -0.4 is 5.32 Å². The smallest absolute Gasteiger partial charge is 0.0641 e. The monoisotopic (exact) mass is 254 g/mol. The Bertz CT molecular complexity index is 288. The van der Waals surface area contributed by atoms with Crippen LogP contribution in [-0.4, -0.2) is 47.8 Å². The third kappa shape index (κ3) is 3.25. The molecule has 2 aliphatic heterocycles. The fraction of sp³-hybridized carbons (Fsp3) is 1.00. The van der Waals surface area contributed by atoms with Gasteiger partial charge in [-0.3, -0.25) is 4.90 Å². The molecule has 2 rings (SSSR count). The van der Waals surface area contributed by atoms with Crippen LogP contribution in [0.4, 0.5) is 0 Å². The van der Waals surface area contributed by atoms with Crippen molar-refractivity contribution >= 4 is 0 Å². The number of ether oxygens (including phenoxy) is 1. The van der Waals surface area contributed by atoms with E-state index in [0.29, 0.717) is 12.1 Å². The van der Waals surface area contributed by atoms with Gasteiger partial charge in [-0.15, -0.1) is 0 Å². The number of piperazine rings is 1. The summed E-state index contributed by atoms with van der Waals surface area (Å²) in [5.41, 5.74) is 0.296. The largest absolute Gasteiger partial charge is 0.375 e. The van der Waals surface area contributed by atoms with Crippen LogP contribution in [0.2, 0.25) is 0 Å². The second-order valence-corrected chi connectivity index (χ2v) is 7.25. The lowest BCUT2D eigenvalue weighted by molar-refractivity contribution is -0.0974. The van der Waals surface area contributed by atoms with Gasteiger partial charge in [0, 0.05) is 37.3 Å². The van der Waals surface area contributed by atoms with E-state index in [1.54, 1.807) is 0 Å². The Morgan fingerprint density at radius 3 is 2.61 bits per heavy atom. The molecule has 0 aliphatic carbocycles. The first kappa shape index (κ1) is 14.3. The van der Waals surface area contributed by atoms with Gasteiger partial charge in [-0.25, -0.2) is 0 Å². The summed E-state index contributed by atoms with van der Waals surface area (Å²) in [5, 5.41) is 3.68. The Labute approximate surface area is 112 Å². The van der Waals surface area contributed by atoms with Gasteiger partial charge in [0.25, 0.3) is 0 Å². The van der Waals surface area contributed by atoms with Gasteiger partial charge in [0.15, 0.2) is 0 Å². The van der Waals surface area contributed by atoms with Crippen LogP contribution in [0.3, 0.4) is 0 Å². The van der Waals surface area contributed by atoms with Crippen molar-refractivity contribution in [3.05, 3.63) is 0 Å². The number of nitrogens with zero attached hydrogens (tertiary/aromatic N) is 1. The standard InChI is InChI=1S/C15H30N2O/c1-6-12-10-16-14(2,3)11-17(12)13-7-8-18-15(4,5)9-13/h12-13,16H,6-11H2,1-5H3. The molecule has 0 spiro atoms. The molecule has 1 N–H and O–H groups in total. The number of hydrogen-bond acceptors (Lipinski definition) is 3. The van der Waals surface area contributed by atoms with Crippen molar-refractivity contribution in [2.75, 3.05) is 19.7 Å². The highest BCUT2D eigenvalue weighted by molar-refractivity contribution is 4.96. The maximum atomic E-state index is 5.86. The molecule has 0 bridgehead atoms. The first-order valence-electron chi connectivity index (χ1n) is 7.48. The third-order valence-electron chi connectivity index (χ3n) is 4.47. The summed E-state index contributed by atoms with van der Waals surface area (Å²) in [6.45, 7) is 14.6. The fourth-order valence-electron chi connectivity index (χ4n) is 3.44. The third-order valence-corrected chi connectivity index (χ3v) is 4.47. The molecule has 2 atom stereocenters. The summed E-state index contributed by atoms with van der Waals surface area (Å²) < 4.78 is 5.86. The van der Waals surface area contributed by atoms with E-state index >= 15 is 0 Å². The fourth-order valence-corrected chi connectivity index (χ4v) is 3.44. The summed E-state index contributed by atoms with van der Waals surface area (Å²) in [7, 11) is 0. The van der Waals surface area contributed by atoms with E-state index in [1.165, 1.54) is 19.3 Å². The van der Waals surface area contributed by atoms with Crippen molar-refractivity contribution in [2.45, 2.75) is 77.1 Å². The van der Waals surface area contributed by atoms with Gasteiger partial charge in [0.2, 0.25) is 0 Å². The van der Waals surface area contributed by atoms with Crippen LogP contribution >= 0.6 is 0 Å². The lowest BCUT2D eigenvalue weighted by atomic mass is 9.88. The molecule has 3 nitrogen and oxygen atoms in total. The van der Waals surface area contributed by atoms with Gasteiger partial charge in [-0.05, 0) is 47.0 Å². The second kappa shape index (κ2) is 5.10. The zero-order chi connectivity index (χ0) is 13.4. The highest BCUT2D eigenvalue weighted by Crippen LogP contribution is 2.31. The average Bonchev–Trinajstić information content (AvgIpc) is 2.26. The van der Waals surface area contributed by atoms with E-state index in [1.807, 2.05) is 0 Å². The van der Waals surface area contributed by atoms with Crippen molar-refractivity contribution in [3.8, 4) is 0 Å². The Balaban J connectivity index is 2.08. The highest BCUT2D eigenvalue weighted by Gasteiger charge is 2.39. The van der Waals surface area contributed by atoms with Crippen molar-refractivity contribution < 1.29 is 4.74 Å². The van der Waals surface area contributed by atoms with Crippen molar-refractivity contribution in [3.63, 3.8) is 0 Å². The zero-order valence-corrected chi connectivity index (χ0v) is 12.8. The Morgan fingerprint density at radius 1 is 1.28 bits per heavy atom. The summed E-state index contributed by atoms with van der Waals surface area (Å²) in [5.74, 6) is 0. The number of hydrogen-bond donors (Lipinski definition) is 1. The lowest BCUT2D eigenvalue weighted by Gasteiger charge is -2.51. The Morgan fingerprint density at radius 2 is 2.00 bits per heavy atom. The van der Waals surface area contributed by atoms with Crippen LogP contribution in [0, 0.1) is 0 Å². The summed E-state index contributed by atoms with van der Waals surface area (Å²) in [6, 6.07) is 1.39. The van der Waals surface area contributed by atoms with Crippen molar-refractivity contribution in [2.24, 2.45) is 0 Å². The minimum Gasteiger partial charge on any atom is -0.375 e. The maximum Gasteiger partial charge on any atom is 0.0641 e. The SMILES string of the molecule is CCC1CNC(C)(C)CN1C1CCOC(C)(C)C1. The van der Waals surface area contributed by atoms with Gasteiger partial charge in [0.05, 0.1) is 5.60 Å². The van der Waals surface area contributed by atoms with Gasteiger partial charge in [-0.2, -0.15) is 0 Å². The van der Waals surface area contributed by atoms with Crippen LogP contribution in [0.5, 0.6) is 0 Å². The van der Waals surface area contributed by atoms with Crippen LogP contribution in [0.25, 0.3) is 0 Å². The molecule has 106 valence electrons. The van der Waals surface area contributed by atoms with E-state index in [9.17, 15) is 0 Å². The zero-order valence-electron chi connectivity index (χ0n) is 12.8. The Kier molecular flexibility index (Phi) is 4.05. The molecule has 2 heterocycles. The van der Waals surface area contributed by atoms with E-state index in [2.05, 4.69) is 44.8 Å². The quantitative estimate of drug-likeness (QED) is 0.819. The second-order valence-electron chi connectivity index (χ2n) is 7.25. The number of nitrogens with one attached hydrogen (secondary N) is 1. The molecule has 0 aromatic rings. The molecule has 2 aliphatic rings. The van der Waals surface area contributed by atoms with E-state index < -0.39 is 0 Å².